The number of anilines is 2. The Hall–Kier alpha value is -3.47. The lowest BCUT2D eigenvalue weighted by Gasteiger charge is -2.32. The number of esters is 1. The Balaban J connectivity index is 1.86. The molecule has 1 saturated heterocycles. The molecule has 3 N–H and O–H groups in total. The van der Waals surface area contributed by atoms with Gasteiger partial charge in [-0.3, -0.25) is 4.79 Å². The van der Waals surface area contributed by atoms with Crippen molar-refractivity contribution in [1.29, 1.82) is 5.26 Å². The number of piperidine rings is 1. The molecule has 2 heterocycles. The van der Waals surface area contributed by atoms with Gasteiger partial charge in [-0.2, -0.15) is 5.26 Å². The van der Waals surface area contributed by atoms with Crippen LogP contribution in [0.25, 0.3) is 5.69 Å². The van der Waals surface area contributed by atoms with E-state index in [4.69, 9.17) is 15.6 Å². The monoisotopic (exact) mass is 368 g/mol. The summed E-state index contributed by atoms with van der Waals surface area (Å²) in [6, 6.07) is 9.43. The van der Waals surface area contributed by atoms with Gasteiger partial charge in [-0.25, -0.2) is 4.79 Å². The normalized spacial score (nSPS) is 14.6. The van der Waals surface area contributed by atoms with Gasteiger partial charge in [-0.05, 0) is 37.1 Å². The molecule has 0 bridgehead atoms. The van der Waals surface area contributed by atoms with E-state index in [0.29, 0.717) is 31.6 Å². The summed E-state index contributed by atoms with van der Waals surface area (Å²) in [5.41, 5.74) is 7.97. The summed E-state index contributed by atoms with van der Waals surface area (Å²) in [6.07, 6.45) is 2.74. The number of aromatic nitrogens is 1. The highest BCUT2D eigenvalue weighted by atomic mass is 16.5. The number of hydrogen-bond acceptors (Lipinski definition) is 6. The van der Waals surface area contributed by atoms with E-state index in [1.165, 1.54) is 13.3 Å². The average Bonchev–Trinajstić information content (AvgIpc) is 3.04. The molecule has 8 heteroatoms. The van der Waals surface area contributed by atoms with Crippen LogP contribution in [-0.2, 0) is 9.53 Å². The molecular weight excluding hydrogens is 348 g/mol. The minimum absolute atomic E-state index is 0.0872. The molecule has 3 rings (SSSR count). The van der Waals surface area contributed by atoms with Crippen molar-refractivity contribution in [3.63, 3.8) is 0 Å². The SMILES string of the molecule is COC(=O)c1c(N)c(C#N)cn1-c1ccc(N2CCC(C(=O)O)CC2)cc1. The van der Waals surface area contributed by atoms with Gasteiger partial charge in [0, 0.05) is 30.7 Å². The lowest BCUT2D eigenvalue weighted by atomic mass is 9.97. The van der Waals surface area contributed by atoms with E-state index in [9.17, 15) is 14.9 Å². The Labute approximate surface area is 156 Å². The topological polar surface area (TPSA) is 122 Å². The minimum atomic E-state index is -0.737. The van der Waals surface area contributed by atoms with Gasteiger partial charge in [0.2, 0.25) is 0 Å². The first-order chi connectivity index (χ1) is 13.0. The first kappa shape index (κ1) is 18.3. The molecule has 8 nitrogen and oxygen atoms in total. The summed E-state index contributed by atoms with van der Waals surface area (Å²) in [5, 5.41) is 18.3. The number of nitrogens with zero attached hydrogens (tertiary/aromatic N) is 3. The number of nitrogens with two attached hydrogens (primary N) is 1. The Morgan fingerprint density at radius 3 is 2.33 bits per heavy atom. The van der Waals surface area contributed by atoms with E-state index in [-0.39, 0.29) is 22.9 Å². The molecule has 1 aromatic heterocycles. The third-order valence-electron chi connectivity index (χ3n) is 4.88. The molecule has 140 valence electrons. The zero-order chi connectivity index (χ0) is 19.6. The molecule has 0 radical (unpaired) electrons. The van der Waals surface area contributed by atoms with E-state index in [1.54, 1.807) is 4.57 Å². The van der Waals surface area contributed by atoms with Gasteiger partial charge in [0.25, 0.3) is 0 Å². The smallest absolute Gasteiger partial charge is 0.357 e. The molecule has 1 aromatic carbocycles. The number of carbonyl (C=O) groups excluding carboxylic acids is 1. The van der Waals surface area contributed by atoms with E-state index < -0.39 is 11.9 Å². The standard InChI is InChI=1S/C19H20N4O4/c1-27-19(26)17-16(21)13(10-20)11-23(17)15-4-2-14(3-5-15)22-8-6-12(7-9-22)18(24)25/h2-5,11-12H,6-9,21H2,1H3,(H,24,25). The second-order valence-electron chi connectivity index (χ2n) is 6.39. The maximum absolute atomic E-state index is 12.1. The second-order valence-corrected chi connectivity index (χ2v) is 6.39. The Morgan fingerprint density at radius 1 is 1.22 bits per heavy atom. The fourth-order valence-corrected chi connectivity index (χ4v) is 3.33. The molecule has 1 aliphatic rings. The number of benzene rings is 1. The molecule has 0 unspecified atom stereocenters. The molecule has 0 spiro atoms. The zero-order valence-electron chi connectivity index (χ0n) is 14.9. The number of carboxylic acid groups (broad SMARTS) is 1. The van der Waals surface area contributed by atoms with Gasteiger partial charge in [0.15, 0.2) is 5.69 Å². The van der Waals surface area contributed by atoms with Gasteiger partial charge in [-0.1, -0.05) is 0 Å². The zero-order valence-corrected chi connectivity index (χ0v) is 14.9. The molecule has 0 saturated carbocycles. The van der Waals surface area contributed by atoms with Gasteiger partial charge in [0.05, 0.1) is 24.3 Å². The van der Waals surface area contributed by atoms with Crippen LogP contribution in [0.2, 0.25) is 0 Å². The van der Waals surface area contributed by atoms with E-state index in [0.717, 1.165) is 5.69 Å². The summed E-state index contributed by atoms with van der Waals surface area (Å²) in [7, 11) is 1.26. The van der Waals surface area contributed by atoms with Gasteiger partial charge >= 0.3 is 11.9 Å². The third-order valence-corrected chi connectivity index (χ3v) is 4.88. The van der Waals surface area contributed by atoms with Crippen molar-refractivity contribution in [3.05, 3.63) is 41.7 Å². The van der Waals surface area contributed by atoms with Crippen molar-refractivity contribution in [1.82, 2.24) is 4.57 Å². The van der Waals surface area contributed by atoms with E-state index in [2.05, 4.69) is 4.90 Å². The Morgan fingerprint density at radius 2 is 1.81 bits per heavy atom. The molecule has 0 aliphatic carbocycles. The number of rotatable bonds is 4. The Bertz CT molecular complexity index is 903. The summed E-state index contributed by atoms with van der Waals surface area (Å²) >= 11 is 0. The number of carbonyl (C=O) groups is 2. The lowest BCUT2D eigenvalue weighted by Crippen LogP contribution is -2.36. The maximum atomic E-state index is 12.1. The lowest BCUT2D eigenvalue weighted by molar-refractivity contribution is -0.142. The Kier molecular flexibility index (Phi) is 5.03. The quantitative estimate of drug-likeness (QED) is 0.792. The molecule has 0 atom stereocenters. The summed E-state index contributed by atoms with van der Waals surface area (Å²) in [6.45, 7) is 1.36. The second kappa shape index (κ2) is 7.41. The maximum Gasteiger partial charge on any atom is 0.357 e. The van der Waals surface area contributed by atoms with Crippen LogP contribution in [0.4, 0.5) is 11.4 Å². The number of nitrogen functional groups attached to an aromatic ring is 1. The first-order valence-electron chi connectivity index (χ1n) is 8.53. The van der Waals surface area contributed by atoms with Crippen LogP contribution in [0, 0.1) is 17.2 Å². The van der Waals surface area contributed by atoms with Crippen LogP contribution in [0.15, 0.2) is 30.5 Å². The molecule has 0 amide bonds. The number of aliphatic carboxylic acids is 1. The van der Waals surface area contributed by atoms with Crippen molar-refractivity contribution < 1.29 is 19.4 Å². The van der Waals surface area contributed by atoms with E-state index in [1.807, 2.05) is 30.3 Å². The highest BCUT2D eigenvalue weighted by Crippen LogP contribution is 2.28. The minimum Gasteiger partial charge on any atom is -0.481 e. The van der Waals surface area contributed by atoms with E-state index >= 15 is 0 Å². The van der Waals surface area contributed by atoms with Gasteiger partial charge < -0.3 is 25.0 Å². The van der Waals surface area contributed by atoms with Crippen LogP contribution < -0.4 is 10.6 Å². The summed E-state index contributed by atoms with van der Waals surface area (Å²) in [4.78, 5) is 25.3. The number of ether oxygens (including phenoxy) is 1. The fourth-order valence-electron chi connectivity index (χ4n) is 3.33. The molecule has 2 aromatic rings. The third kappa shape index (κ3) is 3.44. The predicted molar refractivity (Wildman–Crippen MR) is 98.8 cm³/mol. The predicted octanol–water partition coefficient (Wildman–Crippen LogP) is 2.02. The van der Waals surface area contributed by atoms with Crippen molar-refractivity contribution in [2.45, 2.75) is 12.8 Å². The van der Waals surface area contributed by atoms with Crippen LogP contribution >= 0.6 is 0 Å². The molecular formula is C19H20N4O4. The fraction of sp³-hybridized carbons (Fsp3) is 0.316. The molecule has 1 fully saturated rings. The van der Waals surface area contributed by atoms with Crippen LogP contribution in [-0.4, -0.2) is 41.8 Å². The number of nitriles is 1. The number of carboxylic acids is 1. The largest absolute Gasteiger partial charge is 0.481 e. The number of methoxy groups -OCH3 is 1. The van der Waals surface area contributed by atoms with Gasteiger partial charge in [-0.15, -0.1) is 0 Å². The van der Waals surface area contributed by atoms with Crippen LogP contribution in [0.1, 0.15) is 28.9 Å². The van der Waals surface area contributed by atoms with Crippen molar-refractivity contribution in [3.8, 4) is 11.8 Å². The highest BCUT2D eigenvalue weighted by molar-refractivity contribution is 5.96. The van der Waals surface area contributed by atoms with Crippen molar-refractivity contribution in [2.24, 2.45) is 5.92 Å². The highest BCUT2D eigenvalue weighted by Gasteiger charge is 2.25. The molecule has 1 aliphatic heterocycles. The summed E-state index contributed by atoms with van der Waals surface area (Å²) in [5.74, 6) is -1.64. The number of hydrogen-bond donors (Lipinski definition) is 2. The average molecular weight is 368 g/mol. The molecule has 27 heavy (non-hydrogen) atoms. The van der Waals surface area contributed by atoms with Gasteiger partial charge in [0.1, 0.15) is 6.07 Å². The van der Waals surface area contributed by atoms with Crippen LogP contribution in [0.3, 0.4) is 0 Å². The van der Waals surface area contributed by atoms with Crippen molar-refractivity contribution >= 4 is 23.3 Å². The van der Waals surface area contributed by atoms with Crippen molar-refractivity contribution in [2.75, 3.05) is 30.8 Å². The summed E-state index contributed by atoms with van der Waals surface area (Å²) < 4.78 is 6.32. The first-order valence-corrected chi connectivity index (χ1v) is 8.53. The van der Waals surface area contributed by atoms with Crippen LogP contribution in [0.5, 0.6) is 0 Å².